The number of hydrogen-bond donors (Lipinski definition) is 1. The van der Waals surface area contributed by atoms with E-state index in [1.54, 1.807) is 0 Å². The summed E-state index contributed by atoms with van der Waals surface area (Å²) in [4.78, 5) is 24.7. The molecule has 1 aliphatic rings. The first-order valence-corrected chi connectivity index (χ1v) is 6.32. The molecule has 5 nitrogen and oxygen atoms in total. The molecule has 1 unspecified atom stereocenters. The fourth-order valence-electron chi connectivity index (χ4n) is 2.06. The number of ether oxygens (including phenoxy) is 1. The van der Waals surface area contributed by atoms with E-state index in [9.17, 15) is 22.8 Å². The van der Waals surface area contributed by atoms with Crippen molar-refractivity contribution in [3.63, 3.8) is 0 Å². The molecule has 0 aliphatic carbocycles. The summed E-state index contributed by atoms with van der Waals surface area (Å²) in [6.07, 6.45) is -3.55. The van der Waals surface area contributed by atoms with Crippen molar-refractivity contribution in [2.75, 3.05) is 4.90 Å². The maximum Gasteiger partial charge on any atom is 0.573 e. The summed E-state index contributed by atoms with van der Waals surface area (Å²) in [6, 6.07) is 3.39. The van der Waals surface area contributed by atoms with E-state index in [0.717, 1.165) is 23.5 Å². The molecule has 1 aromatic carbocycles. The first kappa shape index (κ1) is 15.1. The number of rotatable bonds is 4. The van der Waals surface area contributed by atoms with Crippen molar-refractivity contribution in [3.8, 4) is 5.75 Å². The van der Waals surface area contributed by atoms with E-state index in [0.29, 0.717) is 6.42 Å². The minimum absolute atomic E-state index is 0.200. The topological polar surface area (TPSA) is 58.6 Å². The molecule has 1 fully saturated rings. The molecule has 114 valence electrons. The van der Waals surface area contributed by atoms with Crippen LogP contribution in [0.4, 0.5) is 23.7 Å². The van der Waals surface area contributed by atoms with Gasteiger partial charge in [-0.2, -0.15) is 0 Å². The highest BCUT2D eigenvalue weighted by Crippen LogP contribution is 2.27. The van der Waals surface area contributed by atoms with E-state index in [1.165, 1.54) is 12.1 Å². The summed E-state index contributed by atoms with van der Waals surface area (Å²) in [5, 5.41) is 2.53. The third kappa shape index (κ3) is 3.45. The highest BCUT2D eigenvalue weighted by molar-refractivity contribution is 6.21. The Morgan fingerprint density at radius 2 is 1.86 bits per heavy atom. The monoisotopic (exact) mass is 302 g/mol. The Morgan fingerprint density at radius 3 is 2.38 bits per heavy atom. The molecular formula is C13H13F3N2O3. The molecular weight excluding hydrogens is 289 g/mol. The lowest BCUT2D eigenvalue weighted by Crippen LogP contribution is -2.31. The second kappa shape index (κ2) is 5.63. The van der Waals surface area contributed by atoms with Crippen LogP contribution in [0, 0.1) is 0 Å². The number of nitrogens with one attached hydrogen (secondary N) is 1. The van der Waals surface area contributed by atoms with Crippen LogP contribution in [-0.2, 0) is 4.79 Å². The predicted molar refractivity (Wildman–Crippen MR) is 67.8 cm³/mol. The van der Waals surface area contributed by atoms with Crippen molar-refractivity contribution in [2.24, 2.45) is 0 Å². The van der Waals surface area contributed by atoms with Crippen LogP contribution in [-0.4, -0.2) is 24.3 Å². The summed E-state index contributed by atoms with van der Waals surface area (Å²) in [7, 11) is 0. The average molecular weight is 302 g/mol. The summed E-state index contributed by atoms with van der Waals surface area (Å²) in [6.45, 7) is 1.88. The fourth-order valence-corrected chi connectivity index (χ4v) is 2.06. The highest BCUT2D eigenvalue weighted by atomic mass is 19.4. The van der Waals surface area contributed by atoms with Crippen LogP contribution in [0.1, 0.15) is 19.8 Å². The Labute approximate surface area is 118 Å². The SMILES string of the molecule is CCCC1NC(=O)N(c2ccc(OC(F)(F)F)cc2)C1=O. The predicted octanol–water partition coefficient (Wildman–Crippen LogP) is 2.81. The summed E-state index contributed by atoms with van der Waals surface area (Å²) >= 11 is 0. The maximum absolute atomic E-state index is 12.1. The minimum Gasteiger partial charge on any atom is -0.406 e. The first-order valence-electron chi connectivity index (χ1n) is 6.32. The van der Waals surface area contributed by atoms with Crippen LogP contribution in [0.15, 0.2) is 24.3 Å². The van der Waals surface area contributed by atoms with Gasteiger partial charge in [-0.3, -0.25) is 4.79 Å². The van der Waals surface area contributed by atoms with Gasteiger partial charge in [0, 0.05) is 0 Å². The quantitative estimate of drug-likeness (QED) is 0.870. The lowest BCUT2D eigenvalue weighted by Gasteiger charge is -2.14. The van der Waals surface area contributed by atoms with Crippen LogP contribution in [0.5, 0.6) is 5.75 Å². The normalized spacial score (nSPS) is 18.9. The van der Waals surface area contributed by atoms with Gasteiger partial charge in [0.1, 0.15) is 11.8 Å². The Kier molecular flexibility index (Phi) is 4.06. The van der Waals surface area contributed by atoms with Crippen molar-refractivity contribution in [3.05, 3.63) is 24.3 Å². The van der Waals surface area contributed by atoms with E-state index in [4.69, 9.17) is 0 Å². The first-order chi connectivity index (χ1) is 9.81. The van der Waals surface area contributed by atoms with Crippen molar-refractivity contribution in [1.82, 2.24) is 5.32 Å². The molecule has 1 N–H and O–H groups in total. The number of urea groups is 1. The standard InChI is InChI=1S/C13H13F3N2O3/c1-2-3-10-11(19)18(12(20)17-10)8-4-6-9(7-5-8)21-13(14,15)16/h4-7,10H,2-3H2,1H3,(H,17,20). The molecule has 1 heterocycles. The van der Waals surface area contributed by atoms with E-state index in [-0.39, 0.29) is 5.69 Å². The van der Waals surface area contributed by atoms with Gasteiger partial charge in [-0.25, -0.2) is 9.69 Å². The number of nitrogens with zero attached hydrogens (tertiary/aromatic N) is 1. The number of benzene rings is 1. The molecule has 0 bridgehead atoms. The number of amides is 3. The molecule has 3 amide bonds. The molecule has 1 atom stereocenters. The molecule has 0 radical (unpaired) electrons. The Morgan fingerprint density at radius 1 is 1.24 bits per heavy atom. The number of carbonyl (C=O) groups is 2. The van der Waals surface area contributed by atoms with Gasteiger partial charge in [-0.1, -0.05) is 13.3 Å². The largest absolute Gasteiger partial charge is 0.573 e. The number of alkyl halides is 3. The second-order valence-electron chi connectivity index (χ2n) is 4.51. The number of halogens is 3. The van der Waals surface area contributed by atoms with Gasteiger partial charge in [0.25, 0.3) is 5.91 Å². The van der Waals surface area contributed by atoms with Gasteiger partial charge in [-0.15, -0.1) is 13.2 Å². The summed E-state index contributed by atoms with van der Waals surface area (Å²) in [5.41, 5.74) is 0.200. The molecule has 1 saturated heterocycles. The van der Waals surface area contributed by atoms with Crippen LogP contribution in [0.25, 0.3) is 0 Å². The zero-order chi connectivity index (χ0) is 15.6. The van der Waals surface area contributed by atoms with Crippen molar-refractivity contribution >= 4 is 17.6 Å². The van der Waals surface area contributed by atoms with Gasteiger partial charge in [0.2, 0.25) is 0 Å². The summed E-state index contributed by atoms with van der Waals surface area (Å²) in [5.74, 6) is -0.824. The Balaban J connectivity index is 2.15. The van der Waals surface area contributed by atoms with Crippen LogP contribution in [0.2, 0.25) is 0 Å². The Bertz CT molecular complexity index is 543. The number of imide groups is 1. The maximum atomic E-state index is 12.1. The van der Waals surface area contributed by atoms with Crippen LogP contribution < -0.4 is 15.0 Å². The lowest BCUT2D eigenvalue weighted by molar-refractivity contribution is -0.274. The second-order valence-corrected chi connectivity index (χ2v) is 4.51. The zero-order valence-corrected chi connectivity index (χ0v) is 11.1. The molecule has 1 aromatic rings. The molecule has 1 aliphatic heterocycles. The van der Waals surface area contributed by atoms with Crippen LogP contribution >= 0.6 is 0 Å². The number of anilines is 1. The van der Waals surface area contributed by atoms with Crippen LogP contribution in [0.3, 0.4) is 0 Å². The average Bonchev–Trinajstić information content (AvgIpc) is 2.65. The van der Waals surface area contributed by atoms with E-state index < -0.39 is 30.1 Å². The number of carbonyl (C=O) groups excluding carboxylic acids is 2. The van der Waals surface area contributed by atoms with E-state index >= 15 is 0 Å². The molecule has 0 spiro atoms. The van der Waals surface area contributed by atoms with Crippen molar-refractivity contribution in [2.45, 2.75) is 32.2 Å². The van der Waals surface area contributed by atoms with E-state index in [2.05, 4.69) is 10.1 Å². The van der Waals surface area contributed by atoms with Crippen molar-refractivity contribution < 1.29 is 27.5 Å². The smallest absolute Gasteiger partial charge is 0.406 e. The third-order valence-electron chi connectivity index (χ3n) is 2.93. The van der Waals surface area contributed by atoms with Gasteiger partial charge in [0.05, 0.1) is 5.69 Å². The minimum atomic E-state index is -4.78. The number of hydrogen-bond acceptors (Lipinski definition) is 3. The van der Waals surface area contributed by atoms with Gasteiger partial charge in [0.15, 0.2) is 0 Å². The van der Waals surface area contributed by atoms with E-state index in [1.807, 2.05) is 6.92 Å². The molecule has 0 aromatic heterocycles. The molecule has 21 heavy (non-hydrogen) atoms. The molecule has 2 rings (SSSR count). The molecule has 0 saturated carbocycles. The third-order valence-corrected chi connectivity index (χ3v) is 2.93. The lowest BCUT2D eigenvalue weighted by atomic mass is 10.1. The van der Waals surface area contributed by atoms with Crippen molar-refractivity contribution in [1.29, 1.82) is 0 Å². The highest BCUT2D eigenvalue weighted by Gasteiger charge is 2.38. The molecule has 8 heteroatoms. The summed E-state index contributed by atoms with van der Waals surface area (Å²) < 4.78 is 39.9. The Hall–Kier alpha value is -2.25. The zero-order valence-electron chi connectivity index (χ0n) is 11.1. The fraction of sp³-hybridized carbons (Fsp3) is 0.385. The van der Waals surface area contributed by atoms with Gasteiger partial charge in [-0.05, 0) is 30.7 Å². The van der Waals surface area contributed by atoms with Gasteiger partial charge < -0.3 is 10.1 Å². The van der Waals surface area contributed by atoms with Gasteiger partial charge >= 0.3 is 12.4 Å².